The monoisotopic (exact) mass is 319 g/mol. The van der Waals surface area contributed by atoms with E-state index in [1.54, 1.807) is 6.07 Å². The molecule has 0 bridgehead atoms. The number of aliphatic hydroxyl groups is 1. The third-order valence-corrected chi connectivity index (χ3v) is 3.47. The Morgan fingerprint density at radius 2 is 1.82 bits per heavy atom. The van der Waals surface area contributed by atoms with Crippen LogP contribution in [0.2, 0.25) is 5.02 Å². The molecule has 0 aliphatic rings. The molecule has 0 heterocycles. The molecule has 0 spiro atoms. The average Bonchev–Trinajstić information content (AvgIpc) is 2.52. The average molecular weight is 320 g/mol. The molecule has 2 aromatic carbocycles. The molecule has 2 N–H and O–H groups in total. The summed E-state index contributed by atoms with van der Waals surface area (Å²) in [7, 11) is 0. The maximum absolute atomic E-state index is 9.29. The molecule has 0 unspecified atom stereocenters. The molecule has 5 nitrogen and oxygen atoms in total. The van der Waals surface area contributed by atoms with Crippen LogP contribution in [0.3, 0.4) is 0 Å². The van der Waals surface area contributed by atoms with E-state index >= 15 is 0 Å². The van der Waals surface area contributed by atoms with Crippen LogP contribution in [0.25, 0.3) is 0 Å². The first-order valence-electron chi connectivity index (χ1n) is 7.00. The van der Waals surface area contributed by atoms with Crippen molar-refractivity contribution in [3.63, 3.8) is 0 Å². The van der Waals surface area contributed by atoms with Crippen molar-refractivity contribution in [2.24, 2.45) is 10.2 Å². The van der Waals surface area contributed by atoms with Crippen LogP contribution in [-0.2, 0) is 0 Å². The molecule has 22 heavy (non-hydrogen) atoms. The molecule has 0 radical (unpaired) electrons. The minimum Gasteiger partial charge on any atom is -0.508 e. The van der Waals surface area contributed by atoms with Gasteiger partial charge in [-0.1, -0.05) is 11.6 Å². The van der Waals surface area contributed by atoms with Crippen LogP contribution in [-0.4, -0.2) is 29.9 Å². The number of likely N-dealkylation sites (N-methyl/N-ethyl adjacent to an activating group) is 1. The van der Waals surface area contributed by atoms with Gasteiger partial charge in [-0.15, -0.1) is 5.11 Å². The van der Waals surface area contributed by atoms with Crippen molar-refractivity contribution in [3.8, 4) is 5.75 Å². The van der Waals surface area contributed by atoms with E-state index in [4.69, 9.17) is 16.7 Å². The Kier molecular flexibility index (Phi) is 5.75. The quantitative estimate of drug-likeness (QED) is 0.781. The summed E-state index contributed by atoms with van der Waals surface area (Å²) in [5, 5.41) is 26.9. The number of phenols is 1. The Hall–Kier alpha value is -2.11. The number of benzene rings is 2. The Bertz CT molecular complexity index is 644. The third kappa shape index (κ3) is 4.19. The first kappa shape index (κ1) is 16.3. The van der Waals surface area contributed by atoms with Gasteiger partial charge in [-0.05, 0) is 43.3 Å². The van der Waals surface area contributed by atoms with Crippen LogP contribution in [0, 0.1) is 0 Å². The van der Waals surface area contributed by atoms with E-state index in [0.29, 0.717) is 22.9 Å². The van der Waals surface area contributed by atoms with Gasteiger partial charge >= 0.3 is 0 Å². The highest BCUT2D eigenvalue weighted by Gasteiger charge is 2.03. The molecule has 0 aliphatic carbocycles. The molecular formula is C16H18ClN3O2. The second-order valence-electron chi connectivity index (χ2n) is 4.66. The Balaban J connectivity index is 2.12. The van der Waals surface area contributed by atoms with Gasteiger partial charge < -0.3 is 15.1 Å². The molecule has 0 amide bonds. The largest absolute Gasteiger partial charge is 0.508 e. The Labute approximate surface area is 134 Å². The summed E-state index contributed by atoms with van der Waals surface area (Å²) in [6.07, 6.45) is 0. The van der Waals surface area contributed by atoms with E-state index in [-0.39, 0.29) is 12.4 Å². The van der Waals surface area contributed by atoms with Crippen LogP contribution < -0.4 is 4.90 Å². The molecule has 6 heteroatoms. The highest BCUT2D eigenvalue weighted by atomic mass is 35.5. The molecule has 2 aromatic rings. The number of aliphatic hydroxyl groups excluding tert-OH is 1. The zero-order valence-electron chi connectivity index (χ0n) is 12.3. The van der Waals surface area contributed by atoms with Gasteiger partial charge in [-0.3, -0.25) is 0 Å². The lowest BCUT2D eigenvalue weighted by Gasteiger charge is -2.21. The predicted molar refractivity (Wildman–Crippen MR) is 88.7 cm³/mol. The second-order valence-corrected chi connectivity index (χ2v) is 5.06. The first-order chi connectivity index (χ1) is 10.6. The van der Waals surface area contributed by atoms with Gasteiger partial charge in [0.25, 0.3) is 0 Å². The normalized spacial score (nSPS) is 11.0. The number of nitrogens with zero attached hydrogens (tertiary/aromatic N) is 3. The summed E-state index contributed by atoms with van der Waals surface area (Å²) in [4.78, 5) is 2.07. The summed E-state index contributed by atoms with van der Waals surface area (Å²) in [6.45, 7) is 3.58. The van der Waals surface area contributed by atoms with E-state index in [1.807, 2.05) is 31.2 Å². The van der Waals surface area contributed by atoms with Gasteiger partial charge in [0.1, 0.15) is 11.4 Å². The fourth-order valence-electron chi connectivity index (χ4n) is 2.01. The van der Waals surface area contributed by atoms with E-state index < -0.39 is 0 Å². The lowest BCUT2D eigenvalue weighted by atomic mass is 10.2. The van der Waals surface area contributed by atoms with Gasteiger partial charge in [-0.25, -0.2) is 0 Å². The molecule has 0 aromatic heterocycles. The van der Waals surface area contributed by atoms with Gasteiger partial charge in [-0.2, -0.15) is 5.11 Å². The summed E-state index contributed by atoms with van der Waals surface area (Å²) in [6, 6.07) is 12.1. The van der Waals surface area contributed by atoms with Gasteiger partial charge in [0.15, 0.2) is 0 Å². The van der Waals surface area contributed by atoms with Crippen molar-refractivity contribution in [3.05, 3.63) is 47.5 Å². The number of rotatable bonds is 6. The zero-order chi connectivity index (χ0) is 15.9. The highest BCUT2D eigenvalue weighted by molar-refractivity contribution is 6.33. The number of hydrogen-bond acceptors (Lipinski definition) is 5. The second kappa shape index (κ2) is 7.77. The number of halogens is 1. The van der Waals surface area contributed by atoms with Gasteiger partial charge in [0.2, 0.25) is 0 Å². The number of phenolic OH excluding ortho intramolecular Hbond substituents is 1. The van der Waals surface area contributed by atoms with Crippen molar-refractivity contribution >= 4 is 28.7 Å². The molecule has 0 fully saturated rings. The molecule has 0 atom stereocenters. The third-order valence-electron chi connectivity index (χ3n) is 3.17. The molecule has 0 saturated heterocycles. The topological polar surface area (TPSA) is 68.4 Å². The number of hydrogen-bond donors (Lipinski definition) is 2. The summed E-state index contributed by atoms with van der Waals surface area (Å²) < 4.78 is 0. The van der Waals surface area contributed by atoms with Crippen LogP contribution in [0.5, 0.6) is 5.75 Å². The lowest BCUT2D eigenvalue weighted by molar-refractivity contribution is 0.302. The predicted octanol–water partition coefficient (Wildman–Crippen LogP) is 4.28. The van der Waals surface area contributed by atoms with Crippen molar-refractivity contribution in [2.75, 3.05) is 24.6 Å². The van der Waals surface area contributed by atoms with Crippen molar-refractivity contribution in [1.29, 1.82) is 0 Å². The van der Waals surface area contributed by atoms with E-state index in [9.17, 15) is 5.11 Å². The smallest absolute Gasteiger partial charge is 0.117 e. The molecular weight excluding hydrogens is 302 g/mol. The van der Waals surface area contributed by atoms with Gasteiger partial charge in [0.05, 0.1) is 17.3 Å². The summed E-state index contributed by atoms with van der Waals surface area (Å²) >= 11 is 5.97. The minimum absolute atomic E-state index is 0.0943. The SMILES string of the molecule is CCN(CCO)c1ccc(N=Nc2ccc(O)cc2Cl)cc1. The maximum Gasteiger partial charge on any atom is 0.117 e. The molecule has 0 saturated carbocycles. The van der Waals surface area contributed by atoms with E-state index in [1.165, 1.54) is 12.1 Å². The van der Waals surface area contributed by atoms with Crippen molar-refractivity contribution in [2.45, 2.75) is 6.92 Å². The molecule has 116 valence electrons. The Morgan fingerprint density at radius 1 is 1.09 bits per heavy atom. The van der Waals surface area contributed by atoms with Crippen LogP contribution >= 0.6 is 11.6 Å². The Morgan fingerprint density at radius 3 is 2.41 bits per heavy atom. The number of aromatic hydroxyl groups is 1. The maximum atomic E-state index is 9.29. The molecule has 0 aliphatic heterocycles. The number of azo groups is 1. The van der Waals surface area contributed by atoms with Gasteiger partial charge in [0, 0.05) is 24.8 Å². The molecule has 2 rings (SSSR count). The van der Waals surface area contributed by atoms with Crippen LogP contribution in [0.4, 0.5) is 17.1 Å². The van der Waals surface area contributed by atoms with Crippen LogP contribution in [0.15, 0.2) is 52.7 Å². The van der Waals surface area contributed by atoms with E-state index in [2.05, 4.69) is 15.1 Å². The summed E-state index contributed by atoms with van der Waals surface area (Å²) in [5.74, 6) is 0.0943. The van der Waals surface area contributed by atoms with Crippen LogP contribution in [0.1, 0.15) is 6.92 Å². The minimum atomic E-state index is 0.0943. The first-order valence-corrected chi connectivity index (χ1v) is 7.38. The standard InChI is InChI=1S/C16H18ClN3O2/c1-2-20(9-10-21)13-5-3-12(4-6-13)18-19-16-8-7-14(22)11-15(16)17/h3-8,11,21-22H,2,9-10H2,1H3. The lowest BCUT2D eigenvalue weighted by Crippen LogP contribution is -2.25. The number of anilines is 1. The van der Waals surface area contributed by atoms with Crippen molar-refractivity contribution < 1.29 is 10.2 Å². The summed E-state index contributed by atoms with van der Waals surface area (Å²) in [5.41, 5.74) is 2.23. The fraction of sp³-hybridized carbons (Fsp3) is 0.250. The zero-order valence-corrected chi connectivity index (χ0v) is 13.0. The fourth-order valence-corrected chi connectivity index (χ4v) is 2.22. The van der Waals surface area contributed by atoms with E-state index in [0.717, 1.165) is 12.2 Å². The van der Waals surface area contributed by atoms with Crippen molar-refractivity contribution in [1.82, 2.24) is 0 Å². The highest BCUT2D eigenvalue weighted by Crippen LogP contribution is 2.30.